The van der Waals surface area contributed by atoms with Crippen LogP contribution < -0.4 is 27.4 Å². The summed E-state index contributed by atoms with van der Waals surface area (Å²) in [6.45, 7) is 1.20. The number of aliphatic hydroxyl groups excluding tert-OH is 1. The van der Waals surface area contributed by atoms with Gasteiger partial charge in [0.25, 0.3) is 0 Å². The number of amides is 4. The molecule has 14 nitrogen and oxygen atoms in total. The Morgan fingerprint density at radius 2 is 1.61 bits per heavy atom. The van der Waals surface area contributed by atoms with Crippen molar-refractivity contribution in [2.45, 2.75) is 62.9 Å². The van der Waals surface area contributed by atoms with Gasteiger partial charge in [0.1, 0.15) is 12.1 Å². The summed E-state index contributed by atoms with van der Waals surface area (Å²) in [7, 11) is 0. The fourth-order valence-electron chi connectivity index (χ4n) is 3.53. The number of nitrogens with two attached hydrogens (primary N) is 2. The summed E-state index contributed by atoms with van der Waals surface area (Å²) in [5.41, 5.74) is 12.4. The first-order valence-electron chi connectivity index (χ1n) is 11.8. The number of aliphatic carboxylic acids is 1. The molecule has 206 valence electrons. The summed E-state index contributed by atoms with van der Waals surface area (Å²) >= 11 is 0. The highest BCUT2D eigenvalue weighted by molar-refractivity contribution is 5.94. The number of carbonyl (C=O) groups is 5. The number of hydrogen-bond donors (Lipinski definition) is 8. The average Bonchev–Trinajstić information content (AvgIpc) is 3.37. The number of rotatable bonds is 15. The van der Waals surface area contributed by atoms with Crippen molar-refractivity contribution in [3.8, 4) is 0 Å². The van der Waals surface area contributed by atoms with Crippen LogP contribution in [-0.2, 0) is 36.8 Å². The molecule has 0 saturated carbocycles. The predicted octanol–water partition coefficient (Wildman–Crippen LogP) is -2.29. The van der Waals surface area contributed by atoms with E-state index in [4.69, 9.17) is 11.5 Å². The van der Waals surface area contributed by atoms with Crippen LogP contribution in [0.4, 0.5) is 0 Å². The minimum atomic E-state index is -1.62. The Hall–Kier alpha value is -4.30. The van der Waals surface area contributed by atoms with Crippen molar-refractivity contribution < 1.29 is 34.2 Å². The van der Waals surface area contributed by atoms with Crippen molar-refractivity contribution in [1.82, 2.24) is 25.9 Å². The maximum Gasteiger partial charge on any atom is 0.328 e. The molecular formula is C24H33N7O7. The average molecular weight is 532 g/mol. The maximum atomic E-state index is 13.2. The molecule has 0 saturated heterocycles. The molecule has 2 aromatic rings. The smallest absolute Gasteiger partial charge is 0.328 e. The van der Waals surface area contributed by atoms with Crippen molar-refractivity contribution >= 4 is 29.6 Å². The second-order valence-corrected chi connectivity index (χ2v) is 8.77. The molecule has 0 radical (unpaired) electrons. The van der Waals surface area contributed by atoms with Gasteiger partial charge in [-0.3, -0.25) is 19.2 Å². The molecule has 0 aliphatic carbocycles. The molecule has 1 aromatic carbocycles. The van der Waals surface area contributed by atoms with Gasteiger partial charge in [0.15, 0.2) is 6.04 Å². The number of aromatic amines is 1. The summed E-state index contributed by atoms with van der Waals surface area (Å²) in [6.07, 6.45) is 1.17. The largest absolute Gasteiger partial charge is 0.480 e. The van der Waals surface area contributed by atoms with Crippen LogP contribution in [0.5, 0.6) is 0 Å². The molecule has 4 amide bonds. The lowest BCUT2D eigenvalue weighted by atomic mass is 10.0. The van der Waals surface area contributed by atoms with Crippen LogP contribution in [0.2, 0.25) is 0 Å². The Morgan fingerprint density at radius 1 is 0.974 bits per heavy atom. The van der Waals surface area contributed by atoms with Crippen LogP contribution in [0.15, 0.2) is 42.9 Å². The highest BCUT2D eigenvalue weighted by Crippen LogP contribution is 2.07. The standard InChI is InChI=1S/C24H33N7O7/c1-13(32)20(24(37)38)31-23(36)18(9-14-5-3-2-4-6-14)30-22(35)17(7-8-19(26)33)29-21(34)16(25)10-15-11-27-12-28-15/h2-6,11-13,16-18,20,32H,7-10,25H2,1H3,(H2,26,33)(H,27,28)(H,29,34)(H,30,35)(H,31,36)(H,37,38). The number of benzene rings is 1. The van der Waals surface area contributed by atoms with Gasteiger partial charge in [0, 0.05) is 31.2 Å². The van der Waals surface area contributed by atoms with E-state index in [0.717, 1.165) is 0 Å². The Balaban J connectivity index is 2.21. The number of nitrogens with zero attached hydrogens (tertiary/aromatic N) is 1. The molecule has 5 unspecified atom stereocenters. The van der Waals surface area contributed by atoms with Gasteiger partial charge in [0.2, 0.25) is 23.6 Å². The zero-order chi connectivity index (χ0) is 28.2. The van der Waals surface area contributed by atoms with Gasteiger partial charge in [-0.1, -0.05) is 30.3 Å². The van der Waals surface area contributed by atoms with Gasteiger partial charge in [-0.2, -0.15) is 0 Å². The quantitative estimate of drug-likeness (QED) is 0.123. The van der Waals surface area contributed by atoms with Crippen molar-refractivity contribution in [1.29, 1.82) is 0 Å². The predicted molar refractivity (Wildman–Crippen MR) is 134 cm³/mol. The van der Waals surface area contributed by atoms with Crippen molar-refractivity contribution in [2.24, 2.45) is 11.5 Å². The molecule has 1 heterocycles. The molecule has 2 rings (SSSR count). The number of H-pyrrole nitrogens is 1. The minimum Gasteiger partial charge on any atom is -0.480 e. The third kappa shape index (κ3) is 9.63. The lowest BCUT2D eigenvalue weighted by Crippen LogP contribution is -2.59. The maximum absolute atomic E-state index is 13.2. The second-order valence-electron chi connectivity index (χ2n) is 8.77. The second kappa shape index (κ2) is 14.4. The van der Waals surface area contributed by atoms with Crippen LogP contribution in [0.3, 0.4) is 0 Å². The summed E-state index contributed by atoms with van der Waals surface area (Å²) in [5, 5.41) is 26.3. The molecule has 38 heavy (non-hydrogen) atoms. The van der Waals surface area contributed by atoms with E-state index < -0.39 is 59.9 Å². The van der Waals surface area contributed by atoms with Crippen molar-refractivity contribution in [3.05, 3.63) is 54.1 Å². The van der Waals surface area contributed by atoms with Crippen LogP contribution in [0, 0.1) is 0 Å². The molecule has 0 aliphatic heterocycles. The van der Waals surface area contributed by atoms with Crippen molar-refractivity contribution in [3.63, 3.8) is 0 Å². The Kier molecular flexibility index (Phi) is 11.4. The normalized spacial score (nSPS) is 14.8. The van der Waals surface area contributed by atoms with Gasteiger partial charge in [-0.15, -0.1) is 0 Å². The number of nitrogens with one attached hydrogen (secondary N) is 4. The van der Waals surface area contributed by atoms with Gasteiger partial charge in [-0.25, -0.2) is 9.78 Å². The number of aromatic nitrogens is 2. The summed E-state index contributed by atoms with van der Waals surface area (Å²) in [4.78, 5) is 68.4. The lowest BCUT2D eigenvalue weighted by Gasteiger charge is -2.26. The molecule has 0 spiro atoms. The Labute approximate surface area is 218 Å². The summed E-state index contributed by atoms with van der Waals surface area (Å²) in [5.74, 6) is -4.54. The molecular weight excluding hydrogens is 498 g/mol. The van der Waals surface area contributed by atoms with Crippen molar-refractivity contribution in [2.75, 3.05) is 0 Å². The zero-order valence-electron chi connectivity index (χ0n) is 20.8. The SMILES string of the molecule is CC(O)C(NC(=O)C(Cc1ccccc1)NC(=O)C(CCC(N)=O)NC(=O)C(N)Cc1cnc[nH]1)C(=O)O. The van der Waals surface area contributed by atoms with E-state index in [-0.39, 0.29) is 25.7 Å². The highest BCUT2D eigenvalue weighted by atomic mass is 16.4. The van der Waals surface area contributed by atoms with Gasteiger partial charge in [0.05, 0.1) is 18.5 Å². The topological polar surface area (TPSA) is 243 Å². The van der Waals surface area contributed by atoms with E-state index in [2.05, 4.69) is 25.9 Å². The number of primary amides is 1. The highest BCUT2D eigenvalue weighted by Gasteiger charge is 2.32. The number of hydrogen-bond acceptors (Lipinski definition) is 8. The fourth-order valence-corrected chi connectivity index (χ4v) is 3.53. The first-order valence-corrected chi connectivity index (χ1v) is 11.8. The number of carboxylic acids is 1. The number of carbonyl (C=O) groups excluding carboxylic acids is 4. The van der Waals surface area contributed by atoms with Gasteiger partial charge >= 0.3 is 5.97 Å². The van der Waals surface area contributed by atoms with Crippen LogP contribution in [-0.4, -0.2) is 80.1 Å². The molecule has 10 N–H and O–H groups in total. The Morgan fingerprint density at radius 3 is 2.16 bits per heavy atom. The molecule has 14 heteroatoms. The monoisotopic (exact) mass is 531 g/mol. The molecule has 0 aliphatic rings. The number of aliphatic hydroxyl groups is 1. The van der Waals surface area contributed by atoms with Crippen LogP contribution in [0.25, 0.3) is 0 Å². The van der Waals surface area contributed by atoms with E-state index in [0.29, 0.717) is 11.3 Å². The van der Waals surface area contributed by atoms with E-state index in [9.17, 15) is 34.2 Å². The van der Waals surface area contributed by atoms with Crippen LogP contribution in [0.1, 0.15) is 31.0 Å². The molecule has 1 aromatic heterocycles. The van der Waals surface area contributed by atoms with E-state index in [1.807, 2.05) is 0 Å². The lowest BCUT2D eigenvalue weighted by molar-refractivity contribution is -0.145. The fraction of sp³-hybridized carbons (Fsp3) is 0.417. The zero-order valence-corrected chi connectivity index (χ0v) is 20.8. The number of imidazole rings is 1. The molecule has 0 fully saturated rings. The van der Waals surface area contributed by atoms with Gasteiger partial charge < -0.3 is 42.6 Å². The van der Waals surface area contributed by atoms with Gasteiger partial charge in [-0.05, 0) is 18.9 Å². The van der Waals surface area contributed by atoms with E-state index in [1.54, 1.807) is 30.3 Å². The first-order chi connectivity index (χ1) is 18.0. The first kappa shape index (κ1) is 29.9. The van der Waals surface area contributed by atoms with Crippen LogP contribution >= 0.6 is 0 Å². The molecule has 5 atom stereocenters. The summed E-state index contributed by atoms with van der Waals surface area (Å²) < 4.78 is 0. The van der Waals surface area contributed by atoms with E-state index in [1.165, 1.54) is 19.4 Å². The van der Waals surface area contributed by atoms with E-state index >= 15 is 0 Å². The summed E-state index contributed by atoms with van der Waals surface area (Å²) in [6, 6.07) is 3.38. The molecule has 0 bridgehead atoms. The third-order valence-corrected chi connectivity index (χ3v) is 5.61. The minimum absolute atomic E-state index is 0.0274. The third-order valence-electron chi connectivity index (χ3n) is 5.61. The Bertz CT molecular complexity index is 1090. The number of carboxylic acid groups (broad SMARTS) is 1.